The number of carbonyl (C=O) groups excluding carboxylic acids is 1. The van der Waals surface area contributed by atoms with Crippen molar-refractivity contribution in [2.45, 2.75) is 31.7 Å². The zero-order valence-electron chi connectivity index (χ0n) is 24.0. The normalized spacial score (nSPS) is 15.0. The van der Waals surface area contributed by atoms with Gasteiger partial charge in [-0.2, -0.15) is 8.42 Å². The first-order chi connectivity index (χ1) is 20.9. The van der Waals surface area contributed by atoms with Crippen LogP contribution in [0.5, 0.6) is 11.5 Å². The highest BCUT2D eigenvalue weighted by molar-refractivity contribution is 9.10. The summed E-state index contributed by atoms with van der Waals surface area (Å²) in [5.41, 5.74) is 2.43. The van der Waals surface area contributed by atoms with Crippen LogP contribution in [0.25, 0.3) is 6.08 Å². The fourth-order valence-corrected chi connectivity index (χ4v) is 7.45. The van der Waals surface area contributed by atoms with Crippen molar-refractivity contribution in [2.24, 2.45) is 4.99 Å². The Labute approximate surface area is 271 Å². The molecule has 0 bridgehead atoms. The van der Waals surface area contributed by atoms with E-state index in [2.05, 4.69) is 20.9 Å². The maximum Gasteiger partial charge on any atom is 0.339 e. The van der Waals surface area contributed by atoms with E-state index in [1.165, 1.54) is 23.8 Å². The standard InChI is InChI=1S/C31H26BrClN2O7S2/c1-5-41-30(37)26-18(3)34-31-35(27(26)20-8-10-21(33)11-9-20)29(36)25(43-31)16-19-14-23(32)28(24(15-19)40-4)42-44(38,39)22-12-6-17(2)7-13-22/h6-16,27H,5H2,1-4H3/b25-16-. The van der Waals surface area contributed by atoms with Gasteiger partial charge in [0, 0.05) is 5.02 Å². The molecule has 1 aromatic heterocycles. The molecule has 1 unspecified atom stereocenters. The van der Waals surface area contributed by atoms with Crippen molar-refractivity contribution in [1.82, 2.24) is 4.57 Å². The van der Waals surface area contributed by atoms with Crippen molar-refractivity contribution in [3.05, 3.63) is 118 Å². The first-order valence-electron chi connectivity index (χ1n) is 13.3. The van der Waals surface area contributed by atoms with Gasteiger partial charge in [-0.15, -0.1) is 0 Å². The smallest absolute Gasteiger partial charge is 0.339 e. The van der Waals surface area contributed by atoms with Gasteiger partial charge in [-0.25, -0.2) is 9.79 Å². The number of aryl methyl sites for hydroxylation is 1. The largest absolute Gasteiger partial charge is 0.493 e. The Morgan fingerprint density at radius 1 is 1.11 bits per heavy atom. The molecule has 0 saturated carbocycles. The van der Waals surface area contributed by atoms with Crippen LogP contribution in [0.15, 0.2) is 91.1 Å². The predicted molar refractivity (Wildman–Crippen MR) is 172 cm³/mol. The highest BCUT2D eigenvalue weighted by Crippen LogP contribution is 2.39. The number of rotatable bonds is 8. The van der Waals surface area contributed by atoms with Gasteiger partial charge in [0.25, 0.3) is 5.56 Å². The van der Waals surface area contributed by atoms with E-state index >= 15 is 0 Å². The van der Waals surface area contributed by atoms with Crippen LogP contribution < -0.4 is 23.8 Å². The lowest BCUT2D eigenvalue weighted by atomic mass is 9.96. The van der Waals surface area contributed by atoms with Crippen molar-refractivity contribution < 1.29 is 26.9 Å². The number of benzene rings is 3. The number of halogens is 2. The van der Waals surface area contributed by atoms with Crippen molar-refractivity contribution in [2.75, 3.05) is 13.7 Å². The number of ether oxygens (including phenoxy) is 2. The highest BCUT2D eigenvalue weighted by atomic mass is 79.9. The lowest BCUT2D eigenvalue weighted by molar-refractivity contribution is -0.139. The maximum absolute atomic E-state index is 13.9. The highest BCUT2D eigenvalue weighted by Gasteiger charge is 2.33. The Hall–Kier alpha value is -3.71. The number of methoxy groups -OCH3 is 1. The molecule has 1 atom stereocenters. The molecule has 0 N–H and O–H groups in total. The van der Waals surface area contributed by atoms with E-state index in [4.69, 9.17) is 25.3 Å². The van der Waals surface area contributed by atoms with E-state index in [0.29, 0.717) is 35.7 Å². The first kappa shape index (κ1) is 31.7. The zero-order valence-corrected chi connectivity index (χ0v) is 27.9. The van der Waals surface area contributed by atoms with Crippen LogP contribution in [0.1, 0.15) is 36.6 Å². The molecule has 0 amide bonds. The van der Waals surface area contributed by atoms with Gasteiger partial charge < -0.3 is 13.7 Å². The molecule has 0 radical (unpaired) electrons. The van der Waals surface area contributed by atoms with E-state index < -0.39 is 22.1 Å². The number of fused-ring (bicyclic) bond motifs is 1. The minimum Gasteiger partial charge on any atom is -0.493 e. The average molecular weight is 718 g/mol. The SMILES string of the molecule is CCOC(=O)C1=C(C)N=c2s/c(=C\c3cc(Br)c(OS(=O)(=O)c4ccc(C)cc4)c(OC)c3)c(=O)n2C1c1ccc(Cl)cc1. The fraction of sp³-hybridized carbons (Fsp3) is 0.194. The van der Waals surface area contributed by atoms with Gasteiger partial charge in [0.2, 0.25) is 0 Å². The van der Waals surface area contributed by atoms with E-state index in [1.807, 2.05) is 6.92 Å². The number of hydrogen-bond acceptors (Lipinski definition) is 9. The zero-order chi connectivity index (χ0) is 31.8. The van der Waals surface area contributed by atoms with Gasteiger partial charge in [-0.05, 0) is 90.3 Å². The number of nitrogens with zero attached hydrogens (tertiary/aromatic N) is 2. The van der Waals surface area contributed by atoms with Crippen LogP contribution in [-0.2, 0) is 19.6 Å². The van der Waals surface area contributed by atoms with Crippen LogP contribution in [0.2, 0.25) is 5.02 Å². The van der Waals surface area contributed by atoms with Gasteiger partial charge in [-0.1, -0.05) is 52.8 Å². The second-order valence-electron chi connectivity index (χ2n) is 9.74. The summed E-state index contributed by atoms with van der Waals surface area (Å²) < 4.78 is 44.3. The summed E-state index contributed by atoms with van der Waals surface area (Å²) in [6.45, 7) is 5.43. The summed E-state index contributed by atoms with van der Waals surface area (Å²) in [7, 11) is -2.77. The number of hydrogen-bond donors (Lipinski definition) is 0. The molecule has 0 fully saturated rings. The van der Waals surface area contributed by atoms with E-state index in [1.54, 1.807) is 68.5 Å². The molecule has 1 aliphatic rings. The van der Waals surface area contributed by atoms with E-state index in [9.17, 15) is 18.0 Å². The number of allylic oxidation sites excluding steroid dienone is 1. The molecule has 0 saturated heterocycles. The lowest BCUT2D eigenvalue weighted by Gasteiger charge is -2.24. The molecule has 1 aliphatic heterocycles. The van der Waals surface area contributed by atoms with Gasteiger partial charge in [-0.3, -0.25) is 9.36 Å². The van der Waals surface area contributed by atoms with Crippen LogP contribution in [-0.4, -0.2) is 32.7 Å². The molecule has 0 aliphatic carbocycles. The lowest BCUT2D eigenvalue weighted by Crippen LogP contribution is -2.39. The molecule has 44 heavy (non-hydrogen) atoms. The van der Waals surface area contributed by atoms with E-state index in [-0.39, 0.29) is 34.1 Å². The quantitative estimate of drug-likeness (QED) is 0.180. The first-order valence-corrected chi connectivity index (χ1v) is 16.7. The summed E-state index contributed by atoms with van der Waals surface area (Å²) in [5.74, 6) is -0.467. The van der Waals surface area contributed by atoms with Crippen LogP contribution in [0.3, 0.4) is 0 Å². The van der Waals surface area contributed by atoms with Crippen molar-refractivity contribution in [3.8, 4) is 11.5 Å². The molecule has 4 aromatic rings. The topological polar surface area (TPSA) is 113 Å². The number of carbonyl (C=O) groups is 1. The summed E-state index contributed by atoms with van der Waals surface area (Å²) in [6.07, 6.45) is 1.64. The second-order valence-corrected chi connectivity index (χ2v) is 13.6. The number of aromatic nitrogens is 1. The number of thiazole rings is 1. The molecular formula is C31H26BrClN2O7S2. The summed E-state index contributed by atoms with van der Waals surface area (Å²) in [4.78, 5) is 32.0. The fourth-order valence-electron chi connectivity index (χ4n) is 4.67. The monoisotopic (exact) mass is 716 g/mol. The molecule has 5 rings (SSSR count). The summed E-state index contributed by atoms with van der Waals surface area (Å²) >= 11 is 10.7. The summed E-state index contributed by atoms with van der Waals surface area (Å²) in [5, 5.41) is 0.512. The Morgan fingerprint density at radius 2 is 1.80 bits per heavy atom. The van der Waals surface area contributed by atoms with E-state index in [0.717, 1.165) is 16.9 Å². The number of esters is 1. The molecule has 3 aromatic carbocycles. The van der Waals surface area contributed by atoms with Crippen molar-refractivity contribution in [1.29, 1.82) is 0 Å². The van der Waals surface area contributed by atoms with Crippen LogP contribution in [0.4, 0.5) is 0 Å². The Kier molecular flexibility index (Phi) is 9.17. The van der Waals surface area contributed by atoms with Gasteiger partial charge >= 0.3 is 16.1 Å². The second kappa shape index (κ2) is 12.7. The van der Waals surface area contributed by atoms with Crippen LogP contribution >= 0.6 is 38.9 Å². The minimum atomic E-state index is -4.16. The third kappa shape index (κ3) is 6.25. The minimum absolute atomic E-state index is 0.00466. The maximum atomic E-state index is 13.9. The Morgan fingerprint density at radius 3 is 2.43 bits per heavy atom. The molecule has 13 heteroatoms. The van der Waals surface area contributed by atoms with Crippen molar-refractivity contribution >= 4 is 61.0 Å². The Bertz CT molecular complexity index is 2090. The molecule has 228 valence electrons. The molecular weight excluding hydrogens is 692 g/mol. The van der Waals surface area contributed by atoms with Gasteiger partial charge in [0.15, 0.2) is 16.3 Å². The third-order valence-electron chi connectivity index (χ3n) is 6.76. The third-order valence-corrected chi connectivity index (χ3v) is 9.81. The molecule has 0 spiro atoms. The Balaban J connectivity index is 1.60. The van der Waals surface area contributed by atoms with Gasteiger partial charge in [0.05, 0.1) is 40.0 Å². The molecule has 9 nitrogen and oxygen atoms in total. The van der Waals surface area contributed by atoms with Gasteiger partial charge in [0.1, 0.15) is 4.90 Å². The van der Waals surface area contributed by atoms with Crippen LogP contribution in [0, 0.1) is 6.92 Å². The molecule has 2 heterocycles. The predicted octanol–water partition coefficient (Wildman–Crippen LogP) is 5.30. The average Bonchev–Trinajstić information content (AvgIpc) is 3.28. The van der Waals surface area contributed by atoms with Crippen molar-refractivity contribution in [3.63, 3.8) is 0 Å². The summed E-state index contributed by atoms with van der Waals surface area (Å²) in [6, 6.07) is 15.6.